The quantitative estimate of drug-likeness (QED) is 0.847. The molecule has 1 amide bonds. The lowest BCUT2D eigenvalue weighted by atomic mass is 10.0. The van der Waals surface area contributed by atoms with Crippen molar-refractivity contribution in [2.75, 3.05) is 13.1 Å². The van der Waals surface area contributed by atoms with E-state index in [-0.39, 0.29) is 5.91 Å². The lowest BCUT2D eigenvalue weighted by Crippen LogP contribution is -2.39. The molecule has 0 spiro atoms. The van der Waals surface area contributed by atoms with Crippen LogP contribution in [-0.4, -0.2) is 25.0 Å². The molecule has 3 heteroatoms. The molecular weight excluding hydrogens is 248 g/mol. The maximum absolute atomic E-state index is 12.0. The molecule has 0 fully saturated rings. The Morgan fingerprint density at radius 1 is 1.15 bits per heavy atom. The molecule has 2 aromatic carbocycles. The lowest BCUT2D eigenvalue weighted by molar-refractivity contribution is -0.120. The van der Waals surface area contributed by atoms with E-state index in [0.29, 0.717) is 19.0 Å². The van der Waals surface area contributed by atoms with Gasteiger partial charge in [-0.15, -0.1) is 0 Å². The number of amides is 1. The van der Waals surface area contributed by atoms with Crippen LogP contribution in [0.15, 0.2) is 42.5 Å². The summed E-state index contributed by atoms with van der Waals surface area (Å²) in [7, 11) is 0. The zero-order chi connectivity index (χ0) is 14.4. The summed E-state index contributed by atoms with van der Waals surface area (Å²) in [6.45, 7) is 5.72. The second-order valence-corrected chi connectivity index (χ2v) is 5.08. The summed E-state index contributed by atoms with van der Waals surface area (Å²) in [5.74, 6) is 0.0751. The molecule has 0 radical (unpaired) electrons. The number of carbonyl (C=O) groups excluding carboxylic acids is 1. The van der Waals surface area contributed by atoms with Crippen molar-refractivity contribution < 1.29 is 4.79 Å². The van der Waals surface area contributed by atoms with E-state index >= 15 is 0 Å². The zero-order valence-electron chi connectivity index (χ0n) is 12.1. The summed E-state index contributed by atoms with van der Waals surface area (Å²) in [6, 6.07) is 14.6. The summed E-state index contributed by atoms with van der Waals surface area (Å²) in [6.07, 6.45) is 0.431. The molecule has 2 N–H and O–H groups in total. The van der Waals surface area contributed by atoms with Crippen LogP contribution in [0.1, 0.15) is 19.4 Å². The molecule has 0 bridgehead atoms. The Morgan fingerprint density at radius 3 is 2.70 bits per heavy atom. The van der Waals surface area contributed by atoms with Crippen LogP contribution in [-0.2, 0) is 11.2 Å². The van der Waals surface area contributed by atoms with E-state index < -0.39 is 0 Å². The SMILES string of the molecule is CCN[C@H](C)CNC(=O)Cc1cccc2ccccc12. The minimum atomic E-state index is 0.0751. The van der Waals surface area contributed by atoms with E-state index in [1.807, 2.05) is 24.3 Å². The average Bonchev–Trinajstić information content (AvgIpc) is 2.46. The standard InChI is InChI=1S/C17H22N2O/c1-3-18-13(2)12-19-17(20)11-15-9-6-8-14-7-4-5-10-16(14)15/h4-10,13,18H,3,11-12H2,1-2H3,(H,19,20)/t13-/m1/s1. The number of fused-ring (bicyclic) bond motifs is 1. The van der Waals surface area contributed by atoms with Gasteiger partial charge in [0.25, 0.3) is 0 Å². The smallest absolute Gasteiger partial charge is 0.224 e. The van der Waals surface area contributed by atoms with E-state index in [4.69, 9.17) is 0 Å². The Morgan fingerprint density at radius 2 is 1.90 bits per heavy atom. The van der Waals surface area contributed by atoms with Crippen molar-refractivity contribution in [3.63, 3.8) is 0 Å². The topological polar surface area (TPSA) is 41.1 Å². The number of hydrogen-bond donors (Lipinski definition) is 2. The third-order valence-corrected chi connectivity index (χ3v) is 3.39. The number of carbonyl (C=O) groups is 1. The molecule has 106 valence electrons. The van der Waals surface area contributed by atoms with Crippen LogP contribution >= 0.6 is 0 Å². The molecule has 2 rings (SSSR count). The highest BCUT2D eigenvalue weighted by Gasteiger charge is 2.07. The molecule has 3 nitrogen and oxygen atoms in total. The van der Waals surface area contributed by atoms with Crippen molar-refractivity contribution in [3.05, 3.63) is 48.0 Å². The van der Waals surface area contributed by atoms with Crippen molar-refractivity contribution in [3.8, 4) is 0 Å². The second kappa shape index (κ2) is 7.06. The molecule has 0 saturated heterocycles. The molecule has 0 aliphatic carbocycles. The molecule has 0 aliphatic heterocycles. The van der Waals surface area contributed by atoms with E-state index in [1.54, 1.807) is 0 Å². The Balaban J connectivity index is 1.99. The molecular formula is C17H22N2O. The number of nitrogens with one attached hydrogen (secondary N) is 2. The van der Waals surface area contributed by atoms with Gasteiger partial charge in [0.05, 0.1) is 6.42 Å². The van der Waals surface area contributed by atoms with Gasteiger partial charge in [-0.2, -0.15) is 0 Å². The Labute approximate surface area is 120 Å². The summed E-state index contributed by atoms with van der Waals surface area (Å²) < 4.78 is 0. The van der Waals surface area contributed by atoms with Gasteiger partial charge in [0.2, 0.25) is 5.91 Å². The van der Waals surface area contributed by atoms with Crippen molar-refractivity contribution in [1.29, 1.82) is 0 Å². The van der Waals surface area contributed by atoms with E-state index in [9.17, 15) is 4.79 Å². The molecule has 0 heterocycles. The molecule has 0 aromatic heterocycles. The molecule has 20 heavy (non-hydrogen) atoms. The second-order valence-electron chi connectivity index (χ2n) is 5.08. The van der Waals surface area contributed by atoms with E-state index in [0.717, 1.165) is 17.5 Å². The molecule has 1 atom stereocenters. The fourth-order valence-electron chi connectivity index (χ4n) is 2.37. The highest BCUT2D eigenvalue weighted by Crippen LogP contribution is 2.18. The van der Waals surface area contributed by atoms with Crippen molar-refractivity contribution in [1.82, 2.24) is 10.6 Å². The first kappa shape index (κ1) is 14.5. The number of likely N-dealkylation sites (N-methyl/N-ethyl adjacent to an activating group) is 1. The normalized spacial score (nSPS) is 12.3. The van der Waals surface area contributed by atoms with Gasteiger partial charge in [0.1, 0.15) is 0 Å². The van der Waals surface area contributed by atoms with Crippen LogP contribution in [0.3, 0.4) is 0 Å². The molecule has 0 unspecified atom stereocenters. The van der Waals surface area contributed by atoms with Crippen LogP contribution in [0.4, 0.5) is 0 Å². The highest BCUT2D eigenvalue weighted by atomic mass is 16.1. The molecule has 0 saturated carbocycles. The summed E-state index contributed by atoms with van der Waals surface area (Å²) in [4.78, 5) is 12.0. The molecule has 2 aromatic rings. The first-order valence-corrected chi connectivity index (χ1v) is 7.17. The van der Waals surface area contributed by atoms with Crippen molar-refractivity contribution in [2.24, 2.45) is 0 Å². The first-order valence-electron chi connectivity index (χ1n) is 7.17. The largest absolute Gasteiger partial charge is 0.354 e. The van der Waals surface area contributed by atoms with Crippen molar-refractivity contribution in [2.45, 2.75) is 26.3 Å². The summed E-state index contributed by atoms with van der Waals surface area (Å²) in [5.41, 5.74) is 1.08. The van der Waals surface area contributed by atoms with E-state index in [1.165, 1.54) is 5.39 Å². The Bertz CT molecular complexity index is 575. The third-order valence-electron chi connectivity index (χ3n) is 3.39. The molecule has 0 aliphatic rings. The summed E-state index contributed by atoms with van der Waals surface area (Å²) in [5, 5.41) is 8.60. The van der Waals surface area contributed by atoms with Crippen LogP contribution < -0.4 is 10.6 Å². The van der Waals surface area contributed by atoms with Crippen LogP contribution in [0.25, 0.3) is 10.8 Å². The van der Waals surface area contributed by atoms with Gasteiger partial charge in [-0.3, -0.25) is 4.79 Å². The Kier molecular flexibility index (Phi) is 5.13. The fourth-order valence-corrected chi connectivity index (χ4v) is 2.37. The van der Waals surface area contributed by atoms with Gasteiger partial charge < -0.3 is 10.6 Å². The van der Waals surface area contributed by atoms with Crippen LogP contribution in [0.5, 0.6) is 0 Å². The van der Waals surface area contributed by atoms with Gasteiger partial charge in [-0.25, -0.2) is 0 Å². The monoisotopic (exact) mass is 270 g/mol. The minimum Gasteiger partial charge on any atom is -0.354 e. The fraction of sp³-hybridized carbons (Fsp3) is 0.353. The van der Waals surface area contributed by atoms with E-state index in [2.05, 4.69) is 42.7 Å². The van der Waals surface area contributed by atoms with Gasteiger partial charge in [-0.05, 0) is 29.8 Å². The minimum absolute atomic E-state index is 0.0751. The predicted molar refractivity (Wildman–Crippen MR) is 83.8 cm³/mol. The number of benzene rings is 2. The maximum Gasteiger partial charge on any atom is 0.224 e. The van der Waals surface area contributed by atoms with Gasteiger partial charge in [0.15, 0.2) is 0 Å². The number of rotatable bonds is 6. The van der Waals surface area contributed by atoms with Crippen LogP contribution in [0, 0.1) is 0 Å². The van der Waals surface area contributed by atoms with Gasteiger partial charge in [-0.1, -0.05) is 49.4 Å². The van der Waals surface area contributed by atoms with Gasteiger partial charge >= 0.3 is 0 Å². The third kappa shape index (κ3) is 3.81. The van der Waals surface area contributed by atoms with Gasteiger partial charge in [0, 0.05) is 12.6 Å². The van der Waals surface area contributed by atoms with Crippen LogP contribution in [0.2, 0.25) is 0 Å². The summed E-state index contributed by atoms with van der Waals surface area (Å²) >= 11 is 0. The first-order chi connectivity index (χ1) is 9.70. The number of hydrogen-bond acceptors (Lipinski definition) is 2. The van der Waals surface area contributed by atoms with Crippen molar-refractivity contribution >= 4 is 16.7 Å². The zero-order valence-corrected chi connectivity index (χ0v) is 12.1. The Hall–Kier alpha value is -1.87. The lowest BCUT2D eigenvalue weighted by Gasteiger charge is -2.13. The predicted octanol–water partition coefficient (Wildman–Crippen LogP) is 2.50. The highest BCUT2D eigenvalue weighted by molar-refractivity contribution is 5.90. The maximum atomic E-state index is 12.0. The average molecular weight is 270 g/mol.